The molecule has 7 heteroatoms. The fraction of sp³-hybridized carbons (Fsp3) is 0.421. The largest absolute Gasteiger partial charge is 0.384 e. The first-order chi connectivity index (χ1) is 12.5. The second kappa shape index (κ2) is 7.78. The Balaban J connectivity index is 2.08. The average Bonchev–Trinajstić information content (AvgIpc) is 3.27. The van der Waals surface area contributed by atoms with Crippen molar-refractivity contribution in [1.82, 2.24) is 24.3 Å². The van der Waals surface area contributed by atoms with Gasteiger partial charge in [0.1, 0.15) is 17.3 Å². The molecule has 0 aliphatic rings. The number of benzene rings is 1. The molecule has 0 amide bonds. The molecule has 26 heavy (non-hydrogen) atoms. The SMILES string of the molecule is COCCc1nc([C@@H](C)n2ccnc2C(C)C)n(-c2ccccc2F)n1. The molecule has 0 spiro atoms. The molecule has 0 N–H and O–H groups in total. The highest BCUT2D eigenvalue weighted by Gasteiger charge is 2.23. The molecule has 0 bridgehead atoms. The Kier molecular flexibility index (Phi) is 5.46. The van der Waals surface area contributed by atoms with Crippen LogP contribution < -0.4 is 0 Å². The van der Waals surface area contributed by atoms with Crippen molar-refractivity contribution in [3.63, 3.8) is 0 Å². The Morgan fingerprint density at radius 2 is 1.92 bits per heavy atom. The summed E-state index contributed by atoms with van der Waals surface area (Å²) in [5.74, 6) is 2.19. The van der Waals surface area contributed by atoms with Crippen LogP contribution in [0.2, 0.25) is 0 Å². The molecular weight excluding hydrogens is 333 g/mol. The minimum absolute atomic E-state index is 0.140. The lowest BCUT2D eigenvalue weighted by molar-refractivity contribution is 0.200. The van der Waals surface area contributed by atoms with E-state index in [-0.39, 0.29) is 17.8 Å². The number of methoxy groups -OCH3 is 1. The smallest absolute Gasteiger partial charge is 0.155 e. The quantitative estimate of drug-likeness (QED) is 0.649. The lowest BCUT2D eigenvalue weighted by Crippen LogP contribution is -2.16. The lowest BCUT2D eigenvalue weighted by Gasteiger charge is -2.18. The molecular formula is C19H24FN5O. The maximum atomic E-state index is 14.4. The topological polar surface area (TPSA) is 57.8 Å². The second-order valence-corrected chi connectivity index (χ2v) is 6.52. The summed E-state index contributed by atoms with van der Waals surface area (Å²) in [5, 5.41) is 4.54. The lowest BCUT2D eigenvalue weighted by atomic mass is 10.2. The molecule has 1 aromatic carbocycles. The Morgan fingerprint density at radius 3 is 2.62 bits per heavy atom. The van der Waals surface area contributed by atoms with Crippen LogP contribution in [0.5, 0.6) is 0 Å². The van der Waals surface area contributed by atoms with Crippen LogP contribution in [0.25, 0.3) is 5.69 Å². The zero-order valence-corrected chi connectivity index (χ0v) is 15.6. The standard InChI is InChI=1S/C19H24FN5O/c1-13(2)18-21-10-11-24(18)14(3)19-22-17(9-12-26-4)23-25(19)16-8-6-5-7-15(16)20/h5-8,10-11,13-14H,9,12H2,1-4H3/t14-/m1/s1. The summed E-state index contributed by atoms with van der Waals surface area (Å²) in [5.41, 5.74) is 0.386. The number of ether oxygens (including phenoxy) is 1. The summed E-state index contributed by atoms with van der Waals surface area (Å²) in [7, 11) is 1.64. The van der Waals surface area contributed by atoms with Crippen molar-refractivity contribution in [1.29, 1.82) is 0 Å². The van der Waals surface area contributed by atoms with Gasteiger partial charge in [0, 0.05) is 31.8 Å². The minimum Gasteiger partial charge on any atom is -0.384 e. The summed E-state index contributed by atoms with van der Waals surface area (Å²) < 4.78 is 23.2. The maximum Gasteiger partial charge on any atom is 0.155 e. The highest BCUT2D eigenvalue weighted by Crippen LogP contribution is 2.25. The van der Waals surface area contributed by atoms with Crippen LogP contribution >= 0.6 is 0 Å². The number of halogens is 1. The number of nitrogens with zero attached hydrogens (tertiary/aromatic N) is 5. The van der Waals surface area contributed by atoms with Crippen molar-refractivity contribution < 1.29 is 9.13 Å². The van der Waals surface area contributed by atoms with Gasteiger partial charge in [0.15, 0.2) is 11.6 Å². The predicted octanol–water partition coefficient (Wildman–Crippen LogP) is 3.52. The van der Waals surface area contributed by atoms with E-state index >= 15 is 0 Å². The third-order valence-electron chi connectivity index (χ3n) is 4.29. The Morgan fingerprint density at radius 1 is 1.15 bits per heavy atom. The van der Waals surface area contributed by atoms with Gasteiger partial charge in [-0.25, -0.2) is 19.0 Å². The van der Waals surface area contributed by atoms with Crippen LogP contribution in [0.1, 0.15) is 50.2 Å². The van der Waals surface area contributed by atoms with Crippen LogP contribution in [-0.2, 0) is 11.2 Å². The first kappa shape index (κ1) is 18.3. The van der Waals surface area contributed by atoms with Gasteiger partial charge in [-0.3, -0.25) is 0 Å². The van der Waals surface area contributed by atoms with E-state index in [9.17, 15) is 4.39 Å². The van der Waals surface area contributed by atoms with Crippen molar-refractivity contribution in [2.24, 2.45) is 0 Å². The van der Waals surface area contributed by atoms with Crippen LogP contribution in [0.15, 0.2) is 36.7 Å². The molecule has 1 atom stereocenters. The first-order valence-electron chi connectivity index (χ1n) is 8.75. The predicted molar refractivity (Wildman–Crippen MR) is 97.0 cm³/mol. The van der Waals surface area contributed by atoms with E-state index in [0.29, 0.717) is 30.4 Å². The number of imidazole rings is 1. The van der Waals surface area contributed by atoms with E-state index in [1.54, 1.807) is 36.2 Å². The zero-order chi connectivity index (χ0) is 18.7. The summed E-state index contributed by atoms with van der Waals surface area (Å²) in [6.07, 6.45) is 4.27. The molecule has 0 unspecified atom stereocenters. The molecule has 2 aromatic heterocycles. The van der Waals surface area contributed by atoms with E-state index in [1.165, 1.54) is 6.07 Å². The van der Waals surface area contributed by atoms with E-state index < -0.39 is 0 Å². The number of rotatable bonds is 7. The van der Waals surface area contributed by atoms with Crippen LogP contribution in [0.4, 0.5) is 4.39 Å². The van der Waals surface area contributed by atoms with Gasteiger partial charge in [-0.2, -0.15) is 5.10 Å². The van der Waals surface area contributed by atoms with Crippen LogP contribution in [-0.4, -0.2) is 38.0 Å². The number of hydrogen-bond acceptors (Lipinski definition) is 4. The molecule has 0 aliphatic heterocycles. The molecule has 2 heterocycles. The molecule has 6 nitrogen and oxygen atoms in total. The summed E-state index contributed by atoms with van der Waals surface area (Å²) >= 11 is 0. The summed E-state index contributed by atoms with van der Waals surface area (Å²) in [4.78, 5) is 9.13. The number of para-hydroxylation sites is 1. The number of aromatic nitrogens is 5. The monoisotopic (exact) mass is 357 g/mol. The second-order valence-electron chi connectivity index (χ2n) is 6.52. The Hall–Kier alpha value is -2.54. The third kappa shape index (κ3) is 3.53. The molecule has 0 radical (unpaired) electrons. The highest BCUT2D eigenvalue weighted by molar-refractivity contribution is 5.34. The van der Waals surface area contributed by atoms with E-state index in [2.05, 4.69) is 33.5 Å². The maximum absolute atomic E-state index is 14.4. The number of hydrogen-bond donors (Lipinski definition) is 0. The van der Waals surface area contributed by atoms with Gasteiger partial charge in [0.25, 0.3) is 0 Å². The van der Waals surface area contributed by atoms with Crippen molar-refractivity contribution in [2.45, 2.75) is 39.2 Å². The Bertz CT molecular complexity index is 870. The van der Waals surface area contributed by atoms with Gasteiger partial charge in [0.2, 0.25) is 0 Å². The van der Waals surface area contributed by atoms with Crippen LogP contribution in [0, 0.1) is 5.82 Å². The van der Waals surface area contributed by atoms with Gasteiger partial charge in [-0.1, -0.05) is 26.0 Å². The third-order valence-corrected chi connectivity index (χ3v) is 4.29. The van der Waals surface area contributed by atoms with Crippen molar-refractivity contribution in [3.8, 4) is 5.69 Å². The van der Waals surface area contributed by atoms with Gasteiger partial charge < -0.3 is 9.30 Å². The molecule has 0 aliphatic carbocycles. The average molecular weight is 357 g/mol. The zero-order valence-electron chi connectivity index (χ0n) is 15.6. The van der Waals surface area contributed by atoms with Gasteiger partial charge in [-0.05, 0) is 19.1 Å². The minimum atomic E-state index is -0.334. The van der Waals surface area contributed by atoms with Crippen LogP contribution in [0.3, 0.4) is 0 Å². The molecule has 0 saturated heterocycles. The van der Waals surface area contributed by atoms with Gasteiger partial charge in [-0.15, -0.1) is 0 Å². The molecule has 0 fully saturated rings. The summed E-state index contributed by atoms with van der Waals surface area (Å²) in [6.45, 7) is 6.72. The normalized spacial score (nSPS) is 12.7. The van der Waals surface area contributed by atoms with Gasteiger partial charge >= 0.3 is 0 Å². The highest BCUT2D eigenvalue weighted by atomic mass is 19.1. The van der Waals surface area contributed by atoms with Gasteiger partial charge in [0.05, 0.1) is 12.6 Å². The first-order valence-corrected chi connectivity index (χ1v) is 8.75. The Labute approximate surface area is 152 Å². The van der Waals surface area contributed by atoms with Crippen molar-refractivity contribution in [2.75, 3.05) is 13.7 Å². The van der Waals surface area contributed by atoms with Crippen molar-refractivity contribution in [3.05, 3.63) is 59.9 Å². The van der Waals surface area contributed by atoms with E-state index in [1.807, 2.05) is 13.1 Å². The fourth-order valence-corrected chi connectivity index (χ4v) is 2.96. The molecule has 138 valence electrons. The van der Waals surface area contributed by atoms with Crippen molar-refractivity contribution >= 4 is 0 Å². The molecule has 3 aromatic rings. The fourth-order valence-electron chi connectivity index (χ4n) is 2.96. The summed E-state index contributed by atoms with van der Waals surface area (Å²) in [6, 6.07) is 6.45. The molecule has 0 saturated carbocycles. The molecule has 3 rings (SSSR count). The van der Waals surface area contributed by atoms with E-state index in [0.717, 1.165) is 5.82 Å². The van der Waals surface area contributed by atoms with E-state index in [4.69, 9.17) is 4.74 Å².